The molecule has 9 nitrogen and oxygen atoms in total. The average Bonchev–Trinajstić information content (AvgIpc) is 3.42. The fraction of sp³-hybridized carbons (Fsp3) is 0.316. The van der Waals surface area contributed by atoms with Gasteiger partial charge < -0.3 is 16.2 Å². The van der Waals surface area contributed by atoms with Crippen LogP contribution in [0.15, 0.2) is 37.8 Å². The van der Waals surface area contributed by atoms with Crippen LogP contribution in [0.25, 0.3) is 0 Å². The molecule has 13 heteroatoms. The minimum atomic E-state index is -1.19. The van der Waals surface area contributed by atoms with Gasteiger partial charge in [0, 0.05) is 27.3 Å². The van der Waals surface area contributed by atoms with E-state index in [1.54, 1.807) is 5.38 Å². The number of nitrogens with two attached hydrogens (primary N) is 1. The molecule has 4 rings (SSSR count). The summed E-state index contributed by atoms with van der Waals surface area (Å²) < 4.78 is 0.631. The van der Waals surface area contributed by atoms with E-state index < -0.39 is 29.2 Å². The smallest absolute Gasteiger partial charge is 0.353 e. The number of aromatic nitrogens is 1. The van der Waals surface area contributed by atoms with Crippen LogP contribution in [0.4, 0.5) is 0 Å². The van der Waals surface area contributed by atoms with Gasteiger partial charge in [0.1, 0.15) is 17.1 Å². The van der Waals surface area contributed by atoms with Crippen LogP contribution in [0.2, 0.25) is 0 Å². The first-order chi connectivity index (χ1) is 15.3. The van der Waals surface area contributed by atoms with Gasteiger partial charge in [-0.2, -0.15) is 0 Å². The number of hydrogen-bond acceptors (Lipinski definition) is 9. The molecule has 168 valence electrons. The number of carbonyl (C=O) groups is 4. The monoisotopic (exact) mass is 510 g/mol. The Bertz CT molecular complexity index is 1100. The number of thiazole rings is 1. The lowest BCUT2D eigenvalue weighted by molar-refractivity contribution is -0.150. The molecule has 4 heterocycles. The van der Waals surface area contributed by atoms with Crippen LogP contribution in [0.1, 0.15) is 17.0 Å². The Labute approximate surface area is 199 Å². The van der Waals surface area contributed by atoms with E-state index >= 15 is 0 Å². The Kier molecular flexibility index (Phi) is 6.88. The van der Waals surface area contributed by atoms with E-state index in [4.69, 9.17) is 5.73 Å². The zero-order valence-electron chi connectivity index (χ0n) is 16.5. The van der Waals surface area contributed by atoms with Crippen molar-refractivity contribution in [2.45, 2.75) is 35.0 Å². The Hall–Kier alpha value is -2.35. The first-order valence-corrected chi connectivity index (χ1v) is 13.1. The summed E-state index contributed by atoms with van der Waals surface area (Å²) in [4.78, 5) is 55.0. The van der Waals surface area contributed by atoms with Crippen molar-refractivity contribution in [1.29, 1.82) is 0 Å². The highest BCUT2D eigenvalue weighted by molar-refractivity contribution is 8.07. The van der Waals surface area contributed by atoms with Crippen LogP contribution in [0.3, 0.4) is 0 Å². The van der Waals surface area contributed by atoms with E-state index in [0.29, 0.717) is 27.1 Å². The van der Waals surface area contributed by atoms with E-state index in [1.807, 2.05) is 17.5 Å². The summed E-state index contributed by atoms with van der Waals surface area (Å²) in [6.07, 6.45) is 0.797. The fourth-order valence-electron chi connectivity index (χ4n) is 3.27. The van der Waals surface area contributed by atoms with Gasteiger partial charge in [0.25, 0.3) is 5.91 Å². The number of aryl methyl sites for hydroxylation is 1. The van der Waals surface area contributed by atoms with Gasteiger partial charge in [-0.1, -0.05) is 17.8 Å². The average molecular weight is 511 g/mol. The second kappa shape index (κ2) is 9.65. The van der Waals surface area contributed by atoms with Gasteiger partial charge in [0.2, 0.25) is 11.8 Å². The summed E-state index contributed by atoms with van der Waals surface area (Å²) in [6.45, 7) is 0. The van der Waals surface area contributed by atoms with Crippen molar-refractivity contribution in [3.63, 3.8) is 0 Å². The number of amides is 3. The SMILES string of the molecule is NC(=O)CCc1csc(SC2=C(C(=O)O)N3C(=O)[C@@H](NC(=O)Cc4cccs4)[C@H]3SC2)n1. The second-order valence-electron chi connectivity index (χ2n) is 6.96. The summed E-state index contributed by atoms with van der Waals surface area (Å²) in [7, 11) is 0. The quantitative estimate of drug-likeness (QED) is 0.432. The van der Waals surface area contributed by atoms with Crippen LogP contribution in [-0.4, -0.2) is 55.8 Å². The zero-order chi connectivity index (χ0) is 22.8. The van der Waals surface area contributed by atoms with Crippen molar-refractivity contribution in [2.75, 3.05) is 5.75 Å². The summed E-state index contributed by atoms with van der Waals surface area (Å²) in [5.41, 5.74) is 5.81. The predicted octanol–water partition coefficient (Wildman–Crippen LogP) is 1.65. The molecular formula is C19H18N4O5S4. The fourth-order valence-corrected chi connectivity index (χ4v) is 7.48. The van der Waals surface area contributed by atoms with Crippen molar-refractivity contribution in [3.05, 3.63) is 44.1 Å². The van der Waals surface area contributed by atoms with Crippen LogP contribution in [0, 0.1) is 0 Å². The van der Waals surface area contributed by atoms with Crippen molar-refractivity contribution >= 4 is 69.9 Å². The number of carboxylic acids is 1. The molecule has 1 fully saturated rings. The molecule has 1 saturated heterocycles. The Morgan fingerprint density at radius 3 is 2.84 bits per heavy atom. The predicted molar refractivity (Wildman–Crippen MR) is 123 cm³/mol. The largest absolute Gasteiger partial charge is 0.477 e. The topological polar surface area (TPSA) is 143 Å². The first-order valence-electron chi connectivity index (χ1n) is 9.47. The third-order valence-electron chi connectivity index (χ3n) is 4.74. The molecule has 2 aromatic rings. The van der Waals surface area contributed by atoms with Crippen molar-refractivity contribution < 1.29 is 24.3 Å². The molecule has 2 aliphatic heterocycles. The number of carbonyl (C=O) groups excluding carboxylic acids is 3. The van der Waals surface area contributed by atoms with Gasteiger partial charge in [-0.3, -0.25) is 19.3 Å². The molecule has 4 N–H and O–H groups in total. The number of hydrogen-bond donors (Lipinski definition) is 3. The summed E-state index contributed by atoms with van der Waals surface area (Å²) >= 11 is 5.42. The molecule has 0 radical (unpaired) electrons. The minimum absolute atomic E-state index is 0.0682. The number of primary amides is 1. The Morgan fingerprint density at radius 2 is 2.16 bits per heavy atom. The lowest BCUT2D eigenvalue weighted by Gasteiger charge is -2.49. The van der Waals surface area contributed by atoms with E-state index in [9.17, 15) is 24.3 Å². The molecule has 0 aliphatic carbocycles. The highest BCUT2D eigenvalue weighted by Gasteiger charge is 2.54. The number of aliphatic carboxylic acids is 1. The third kappa shape index (κ3) is 4.85. The van der Waals surface area contributed by atoms with Gasteiger partial charge in [-0.15, -0.1) is 34.4 Å². The van der Waals surface area contributed by atoms with E-state index in [1.165, 1.54) is 51.1 Å². The van der Waals surface area contributed by atoms with Crippen LogP contribution >= 0.6 is 46.2 Å². The van der Waals surface area contributed by atoms with E-state index in [-0.39, 0.29) is 24.4 Å². The number of fused-ring (bicyclic) bond motifs is 1. The normalized spacial score (nSPS) is 20.0. The van der Waals surface area contributed by atoms with Crippen molar-refractivity contribution in [2.24, 2.45) is 5.73 Å². The summed E-state index contributed by atoms with van der Waals surface area (Å²) in [5, 5.41) is 15.8. The van der Waals surface area contributed by atoms with Crippen LogP contribution < -0.4 is 11.1 Å². The van der Waals surface area contributed by atoms with Gasteiger partial charge in [0.15, 0.2) is 4.34 Å². The molecule has 0 bridgehead atoms. The van der Waals surface area contributed by atoms with Crippen LogP contribution in [-0.2, 0) is 32.0 Å². The minimum Gasteiger partial charge on any atom is -0.477 e. The third-order valence-corrected chi connectivity index (χ3v) is 9.15. The van der Waals surface area contributed by atoms with Crippen molar-refractivity contribution in [1.82, 2.24) is 15.2 Å². The highest BCUT2D eigenvalue weighted by Crippen LogP contribution is 2.45. The van der Waals surface area contributed by atoms with E-state index in [2.05, 4.69) is 10.3 Å². The molecule has 0 unspecified atom stereocenters. The summed E-state index contributed by atoms with van der Waals surface area (Å²) in [6, 6.07) is 2.96. The maximum Gasteiger partial charge on any atom is 0.353 e. The van der Waals surface area contributed by atoms with Crippen molar-refractivity contribution in [3.8, 4) is 0 Å². The Morgan fingerprint density at radius 1 is 1.34 bits per heavy atom. The maximum absolute atomic E-state index is 12.7. The molecular weight excluding hydrogens is 493 g/mol. The van der Waals surface area contributed by atoms with Crippen LogP contribution in [0.5, 0.6) is 0 Å². The Balaban J connectivity index is 1.44. The number of β-lactam (4-membered cyclic amide) rings is 1. The molecule has 3 amide bonds. The number of thioether (sulfide) groups is 2. The molecule has 32 heavy (non-hydrogen) atoms. The number of carboxylic acid groups (broad SMARTS) is 1. The number of rotatable bonds is 9. The molecule has 2 aliphatic rings. The number of thiophene rings is 1. The van der Waals surface area contributed by atoms with E-state index in [0.717, 1.165) is 4.88 Å². The number of nitrogens with one attached hydrogen (secondary N) is 1. The van der Waals surface area contributed by atoms with Gasteiger partial charge >= 0.3 is 5.97 Å². The standard InChI is InChI=1S/C19H18N4O5S4/c20-12(24)4-3-9-7-31-19(21-9)32-11-8-30-17-14(16(26)23(17)15(11)18(27)28)22-13(25)6-10-2-1-5-29-10/h1-2,5,7,14,17H,3-4,6,8H2,(H2,20,24)(H,22,25)(H,27,28)/t14-,17-/m1/s1. The van der Waals surface area contributed by atoms with Gasteiger partial charge in [-0.25, -0.2) is 9.78 Å². The first kappa shape index (κ1) is 22.8. The maximum atomic E-state index is 12.7. The van der Waals surface area contributed by atoms with Gasteiger partial charge in [-0.05, 0) is 17.9 Å². The molecule has 0 saturated carbocycles. The molecule has 2 atom stereocenters. The molecule has 0 spiro atoms. The zero-order valence-corrected chi connectivity index (χ0v) is 19.7. The summed E-state index contributed by atoms with van der Waals surface area (Å²) in [5.74, 6) is -1.92. The lowest BCUT2D eigenvalue weighted by Crippen LogP contribution is -2.70. The highest BCUT2D eigenvalue weighted by atomic mass is 32.2. The number of nitrogens with zero attached hydrogens (tertiary/aromatic N) is 2. The molecule has 2 aromatic heterocycles. The van der Waals surface area contributed by atoms with Gasteiger partial charge in [0.05, 0.1) is 12.1 Å². The second-order valence-corrected chi connectivity index (χ2v) is 11.3. The lowest BCUT2D eigenvalue weighted by atomic mass is 10.0. The molecule has 0 aromatic carbocycles.